The summed E-state index contributed by atoms with van der Waals surface area (Å²) in [5.41, 5.74) is 1.09. The lowest BCUT2D eigenvalue weighted by Gasteiger charge is -2.08. The first-order valence-electron chi connectivity index (χ1n) is 12.3. The smallest absolute Gasteiger partial charge is 0.343 e. The molecule has 40 heavy (non-hydrogen) atoms. The predicted octanol–water partition coefficient (Wildman–Crippen LogP) is 5.69. The molecule has 0 aliphatic heterocycles. The van der Waals surface area contributed by atoms with Gasteiger partial charge in [0.2, 0.25) is 5.91 Å². The molecule has 9 heteroatoms. The summed E-state index contributed by atoms with van der Waals surface area (Å²) >= 11 is 0. The Labute approximate surface area is 233 Å². The fraction of sp³-hybridized carbons (Fsp3) is 0.161. The normalized spacial score (nSPS) is 11.0. The predicted molar refractivity (Wildman–Crippen MR) is 150 cm³/mol. The van der Waals surface area contributed by atoms with Gasteiger partial charge in [0.15, 0.2) is 0 Å². The van der Waals surface area contributed by atoms with E-state index in [0.717, 1.165) is 12.2 Å². The van der Waals surface area contributed by atoms with E-state index in [1.165, 1.54) is 30.4 Å². The van der Waals surface area contributed by atoms with Gasteiger partial charge in [0.25, 0.3) is 0 Å². The van der Waals surface area contributed by atoms with Crippen LogP contribution in [0.3, 0.4) is 0 Å². The maximum absolute atomic E-state index is 12.5. The van der Waals surface area contributed by atoms with Crippen LogP contribution in [0.5, 0.6) is 5.75 Å². The fourth-order valence-electron chi connectivity index (χ4n) is 2.94. The maximum atomic E-state index is 12.5. The molecule has 0 heterocycles. The van der Waals surface area contributed by atoms with Gasteiger partial charge in [-0.1, -0.05) is 19.7 Å². The lowest BCUT2D eigenvalue weighted by Crippen LogP contribution is -2.08. The van der Waals surface area contributed by atoms with Gasteiger partial charge in [-0.3, -0.25) is 4.79 Å². The molecule has 0 aliphatic carbocycles. The highest BCUT2D eigenvalue weighted by Crippen LogP contribution is 2.16. The van der Waals surface area contributed by atoms with Crippen molar-refractivity contribution in [3.05, 3.63) is 121 Å². The van der Waals surface area contributed by atoms with Crippen LogP contribution in [0.4, 0.5) is 5.69 Å². The number of hydrogen-bond acceptors (Lipinski definition) is 8. The number of ether oxygens (including phenoxy) is 4. The summed E-state index contributed by atoms with van der Waals surface area (Å²) in [4.78, 5) is 47.2. The van der Waals surface area contributed by atoms with Gasteiger partial charge in [-0.2, -0.15) is 0 Å². The zero-order valence-corrected chi connectivity index (χ0v) is 22.2. The van der Waals surface area contributed by atoms with E-state index in [1.807, 2.05) is 0 Å². The van der Waals surface area contributed by atoms with Crippen molar-refractivity contribution in [3.63, 3.8) is 0 Å². The summed E-state index contributed by atoms with van der Waals surface area (Å²) in [6.07, 6.45) is 7.86. The number of nitrogens with one attached hydrogen (secondary N) is 1. The minimum absolute atomic E-state index is 0.143. The summed E-state index contributed by atoms with van der Waals surface area (Å²) in [6, 6.07) is 12.6. The lowest BCUT2D eigenvalue weighted by atomic mass is 10.2. The fourth-order valence-corrected chi connectivity index (χ4v) is 2.94. The summed E-state index contributed by atoms with van der Waals surface area (Å²) < 4.78 is 21.2. The molecule has 0 aromatic heterocycles. The van der Waals surface area contributed by atoms with E-state index in [-0.39, 0.29) is 23.0 Å². The van der Waals surface area contributed by atoms with Gasteiger partial charge in [0, 0.05) is 11.8 Å². The van der Waals surface area contributed by atoms with Crippen LogP contribution in [-0.2, 0) is 23.8 Å². The Morgan fingerprint density at radius 1 is 0.750 bits per heavy atom. The molecule has 208 valence electrons. The number of anilines is 1. The van der Waals surface area contributed by atoms with Gasteiger partial charge in [0.1, 0.15) is 17.3 Å². The number of carbonyl (C=O) groups is 4. The van der Waals surface area contributed by atoms with Crippen molar-refractivity contribution in [3.8, 4) is 5.75 Å². The van der Waals surface area contributed by atoms with E-state index < -0.39 is 17.9 Å². The zero-order valence-electron chi connectivity index (χ0n) is 22.2. The second-order valence-corrected chi connectivity index (χ2v) is 8.05. The van der Waals surface area contributed by atoms with E-state index >= 15 is 0 Å². The molecule has 2 rings (SSSR count). The van der Waals surface area contributed by atoms with Crippen LogP contribution in [0, 0.1) is 0 Å². The minimum atomic E-state index is -0.630. The van der Waals surface area contributed by atoms with Gasteiger partial charge in [-0.15, -0.1) is 0 Å². The first-order chi connectivity index (χ1) is 19.2. The number of hydrogen-bond donors (Lipinski definition) is 1. The monoisotopic (exact) mass is 545 g/mol. The molecule has 1 amide bonds. The SMILES string of the molecule is C=CC(=O)Nc1ccc(C(=O)O/C(C=C)=C/C=C(\C)OC(=O)c2ccc(OCCCCOC(=O)C=C)cc2)cc1. The third-order valence-electron chi connectivity index (χ3n) is 5.03. The molecule has 9 nitrogen and oxygen atoms in total. The summed E-state index contributed by atoms with van der Waals surface area (Å²) in [5, 5.41) is 2.58. The molecule has 0 spiro atoms. The largest absolute Gasteiger partial charge is 0.494 e. The molecule has 0 bridgehead atoms. The topological polar surface area (TPSA) is 117 Å². The number of allylic oxidation sites excluding steroid dienone is 4. The van der Waals surface area contributed by atoms with Crippen LogP contribution in [0.2, 0.25) is 0 Å². The summed E-state index contributed by atoms with van der Waals surface area (Å²) in [6.45, 7) is 12.6. The highest BCUT2D eigenvalue weighted by molar-refractivity contribution is 5.99. The Hall–Kier alpha value is -5.18. The van der Waals surface area contributed by atoms with Crippen LogP contribution in [0.25, 0.3) is 0 Å². The highest BCUT2D eigenvalue weighted by Gasteiger charge is 2.11. The van der Waals surface area contributed by atoms with Crippen LogP contribution in [-0.4, -0.2) is 37.0 Å². The molecular formula is C31H31NO8. The van der Waals surface area contributed by atoms with E-state index in [2.05, 4.69) is 25.1 Å². The molecular weight excluding hydrogens is 514 g/mol. The number of rotatable bonds is 15. The Morgan fingerprint density at radius 3 is 1.95 bits per heavy atom. The Bertz CT molecular complexity index is 1290. The van der Waals surface area contributed by atoms with Crippen LogP contribution in [0.15, 0.2) is 110 Å². The second kappa shape index (κ2) is 16.6. The zero-order chi connectivity index (χ0) is 29.3. The van der Waals surface area contributed by atoms with Crippen LogP contribution in [0.1, 0.15) is 40.5 Å². The van der Waals surface area contributed by atoms with Gasteiger partial charge in [-0.25, -0.2) is 14.4 Å². The third-order valence-corrected chi connectivity index (χ3v) is 5.03. The third kappa shape index (κ3) is 11.1. The molecule has 0 unspecified atom stereocenters. The lowest BCUT2D eigenvalue weighted by molar-refractivity contribution is -0.137. The average Bonchev–Trinajstić information content (AvgIpc) is 2.97. The first kappa shape index (κ1) is 31.0. The molecule has 0 aliphatic rings. The Morgan fingerprint density at radius 2 is 1.35 bits per heavy atom. The van der Waals surface area contributed by atoms with E-state index in [4.69, 9.17) is 18.9 Å². The van der Waals surface area contributed by atoms with E-state index in [0.29, 0.717) is 43.1 Å². The minimum Gasteiger partial charge on any atom is -0.494 e. The van der Waals surface area contributed by atoms with Crippen molar-refractivity contribution in [1.82, 2.24) is 0 Å². The molecule has 2 aromatic rings. The van der Waals surface area contributed by atoms with Crippen LogP contribution >= 0.6 is 0 Å². The summed E-state index contributed by atoms with van der Waals surface area (Å²) in [7, 11) is 0. The highest BCUT2D eigenvalue weighted by atomic mass is 16.5. The number of carbonyl (C=O) groups excluding carboxylic acids is 4. The Kier molecular flexibility index (Phi) is 12.9. The number of unbranched alkanes of at least 4 members (excludes halogenated alkanes) is 1. The van der Waals surface area contributed by atoms with Crippen molar-refractivity contribution >= 4 is 29.5 Å². The van der Waals surface area contributed by atoms with Gasteiger partial charge < -0.3 is 24.3 Å². The van der Waals surface area contributed by atoms with Crippen molar-refractivity contribution in [2.75, 3.05) is 18.5 Å². The number of benzene rings is 2. The molecule has 0 atom stereocenters. The quantitative estimate of drug-likeness (QED) is 0.0758. The number of amides is 1. The van der Waals surface area contributed by atoms with E-state index in [9.17, 15) is 19.2 Å². The van der Waals surface area contributed by atoms with Crippen molar-refractivity contribution in [2.45, 2.75) is 19.8 Å². The number of esters is 3. The van der Waals surface area contributed by atoms with Crippen molar-refractivity contribution in [1.29, 1.82) is 0 Å². The van der Waals surface area contributed by atoms with Crippen molar-refractivity contribution < 1.29 is 38.1 Å². The standard InChI is InChI=1S/C31H31NO8/c1-5-26(40-31(36)23-11-15-25(16-12-23)32-28(33)6-2)17-10-22(4)39-30(35)24-13-18-27(19-14-24)37-20-8-9-21-38-29(34)7-3/h5-7,10-19H,1-3,8-9,20-21H2,4H3,(H,32,33)/b22-10+,26-17+. The van der Waals surface area contributed by atoms with Gasteiger partial charge in [0.05, 0.1) is 24.3 Å². The first-order valence-corrected chi connectivity index (χ1v) is 12.3. The average molecular weight is 546 g/mol. The molecule has 0 fully saturated rings. The molecule has 1 N–H and O–H groups in total. The van der Waals surface area contributed by atoms with Crippen LogP contribution < -0.4 is 10.1 Å². The second-order valence-electron chi connectivity index (χ2n) is 8.05. The molecule has 2 aromatic carbocycles. The molecule has 0 saturated carbocycles. The van der Waals surface area contributed by atoms with Gasteiger partial charge >= 0.3 is 17.9 Å². The molecule has 0 saturated heterocycles. The van der Waals surface area contributed by atoms with E-state index in [1.54, 1.807) is 43.3 Å². The maximum Gasteiger partial charge on any atom is 0.343 e. The van der Waals surface area contributed by atoms with Gasteiger partial charge in [-0.05, 0) is 92.6 Å². The Balaban J connectivity index is 1.85. The summed E-state index contributed by atoms with van der Waals surface area (Å²) in [5.74, 6) is -1.03. The molecule has 0 radical (unpaired) electrons. The van der Waals surface area contributed by atoms with Crippen molar-refractivity contribution in [2.24, 2.45) is 0 Å².